The highest BCUT2D eigenvalue weighted by molar-refractivity contribution is 6.07. The number of H-pyrrole nitrogens is 1. The zero-order valence-electron chi connectivity index (χ0n) is 21.1. The van der Waals surface area contributed by atoms with E-state index < -0.39 is 0 Å². The van der Waals surface area contributed by atoms with Gasteiger partial charge in [-0.3, -0.25) is 19.2 Å². The van der Waals surface area contributed by atoms with Gasteiger partial charge in [0.25, 0.3) is 11.5 Å². The number of nitrogens with zero attached hydrogens (tertiary/aromatic N) is 4. The SMILES string of the molecule is Cc1cc2[nH]c(=O)c3cnn(C4CCOCC4)c3c2cc1C(=O)N1CCN(CC2C=CC(F)=CC2)CC1. The highest BCUT2D eigenvalue weighted by atomic mass is 19.1. The van der Waals surface area contributed by atoms with Crippen molar-refractivity contribution < 1.29 is 13.9 Å². The van der Waals surface area contributed by atoms with Crippen LogP contribution < -0.4 is 5.56 Å². The Balaban J connectivity index is 1.26. The van der Waals surface area contributed by atoms with E-state index in [9.17, 15) is 14.0 Å². The van der Waals surface area contributed by atoms with Gasteiger partial charge in [0.1, 0.15) is 5.83 Å². The van der Waals surface area contributed by atoms with Gasteiger partial charge in [-0.15, -0.1) is 0 Å². The molecule has 9 heteroatoms. The zero-order chi connectivity index (χ0) is 25.5. The van der Waals surface area contributed by atoms with Crippen LogP contribution in [0.25, 0.3) is 21.8 Å². The maximum absolute atomic E-state index is 13.7. The van der Waals surface area contributed by atoms with E-state index in [1.807, 2.05) is 34.7 Å². The molecular weight excluding hydrogens is 473 g/mol. The van der Waals surface area contributed by atoms with Crippen LogP contribution in [0.3, 0.4) is 0 Å². The molecule has 1 unspecified atom stereocenters. The van der Waals surface area contributed by atoms with E-state index in [1.165, 1.54) is 0 Å². The maximum atomic E-state index is 13.7. The number of hydrogen-bond donors (Lipinski definition) is 1. The van der Waals surface area contributed by atoms with Crippen molar-refractivity contribution >= 4 is 27.7 Å². The van der Waals surface area contributed by atoms with E-state index in [0.29, 0.717) is 43.2 Å². The van der Waals surface area contributed by atoms with Crippen LogP contribution in [-0.2, 0) is 4.74 Å². The first-order valence-electron chi connectivity index (χ1n) is 13.1. The lowest BCUT2D eigenvalue weighted by atomic mass is 9.99. The molecule has 0 saturated carbocycles. The first-order valence-corrected chi connectivity index (χ1v) is 13.1. The van der Waals surface area contributed by atoms with E-state index in [0.717, 1.165) is 60.9 Å². The number of aromatic nitrogens is 3. The summed E-state index contributed by atoms with van der Waals surface area (Å²) in [6.45, 7) is 7.03. The van der Waals surface area contributed by atoms with Crippen LogP contribution >= 0.6 is 0 Å². The molecule has 1 aromatic carbocycles. The molecule has 2 saturated heterocycles. The largest absolute Gasteiger partial charge is 0.381 e. The number of halogens is 1. The second-order valence-corrected chi connectivity index (χ2v) is 10.4. The first kappa shape index (κ1) is 24.1. The minimum absolute atomic E-state index is 0.0121. The monoisotopic (exact) mass is 505 g/mol. The zero-order valence-corrected chi connectivity index (χ0v) is 21.1. The van der Waals surface area contributed by atoms with E-state index in [2.05, 4.69) is 15.0 Å². The summed E-state index contributed by atoms with van der Waals surface area (Å²) in [6, 6.07) is 4.00. The molecular formula is C28H32FN5O3. The molecule has 2 fully saturated rings. The van der Waals surface area contributed by atoms with Gasteiger partial charge in [0, 0.05) is 56.9 Å². The van der Waals surface area contributed by atoms with Crippen LogP contribution in [0.5, 0.6) is 0 Å². The molecule has 3 aromatic rings. The van der Waals surface area contributed by atoms with Crippen molar-refractivity contribution in [2.45, 2.75) is 32.2 Å². The van der Waals surface area contributed by atoms with Crippen LogP contribution in [0.1, 0.15) is 41.2 Å². The number of hydrogen-bond acceptors (Lipinski definition) is 5. The van der Waals surface area contributed by atoms with Crippen LogP contribution in [0, 0.1) is 12.8 Å². The number of fused-ring (bicyclic) bond motifs is 3. The van der Waals surface area contributed by atoms with E-state index in [1.54, 1.807) is 18.3 Å². The second-order valence-electron chi connectivity index (χ2n) is 10.4. The molecule has 194 valence electrons. The highest BCUT2D eigenvalue weighted by Crippen LogP contribution is 2.30. The molecule has 6 rings (SSSR count). The summed E-state index contributed by atoms with van der Waals surface area (Å²) in [5.74, 6) is 0.169. The summed E-state index contributed by atoms with van der Waals surface area (Å²) < 4.78 is 20.7. The molecule has 4 heterocycles. The predicted molar refractivity (Wildman–Crippen MR) is 140 cm³/mol. The average Bonchev–Trinajstić information content (AvgIpc) is 3.37. The molecule has 0 spiro atoms. The molecule has 8 nitrogen and oxygen atoms in total. The van der Waals surface area contributed by atoms with Gasteiger partial charge >= 0.3 is 0 Å². The Morgan fingerprint density at radius 1 is 1.16 bits per heavy atom. The summed E-state index contributed by atoms with van der Waals surface area (Å²) >= 11 is 0. The molecule has 0 radical (unpaired) electrons. The number of carbonyl (C=O) groups excluding carboxylic acids is 1. The number of allylic oxidation sites excluding steroid dienone is 3. The van der Waals surface area contributed by atoms with Gasteiger partial charge in [0.15, 0.2) is 0 Å². The number of pyridine rings is 1. The van der Waals surface area contributed by atoms with Crippen molar-refractivity contribution in [3.63, 3.8) is 0 Å². The summed E-state index contributed by atoms with van der Waals surface area (Å²) in [7, 11) is 0. The lowest BCUT2D eigenvalue weighted by molar-refractivity contribution is 0.0624. The molecule has 1 amide bonds. The molecule has 37 heavy (non-hydrogen) atoms. The number of aryl methyl sites for hydroxylation is 1. The lowest BCUT2D eigenvalue weighted by Crippen LogP contribution is -2.49. The molecule has 0 bridgehead atoms. The lowest BCUT2D eigenvalue weighted by Gasteiger charge is -2.36. The highest BCUT2D eigenvalue weighted by Gasteiger charge is 2.26. The molecule has 3 aliphatic rings. The van der Waals surface area contributed by atoms with Gasteiger partial charge in [0.05, 0.1) is 28.7 Å². The van der Waals surface area contributed by atoms with Crippen molar-refractivity contribution in [3.8, 4) is 0 Å². The third kappa shape index (κ3) is 4.62. The summed E-state index contributed by atoms with van der Waals surface area (Å²) in [6.07, 6.45) is 9.18. The molecule has 1 atom stereocenters. The Morgan fingerprint density at radius 3 is 2.68 bits per heavy atom. The molecule has 2 aliphatic heterocycles. The topological polar surface area (TPSA) is 83.5 Å². The molecule has 1 aliphatic carbocycles. The van der Waals surface area contributed by atoms with Crippen molar-refractivity contribution in [2.24, 2.45) is 5.92 Å². The fourth-order valence-electron chi connectivity index (χ4n) is 5.84. The Kier molecular flexibility index (Phi) is 6.42. The van der Waals surface area contributed by atoms with Crippen molar-refractivity contribution in [3.05, 3.63) is 63.9 Å². The third-order valence-corrected chi connectivity index (χ3v) is 7.97. The molecule has 2 aromatic heterocycles. The molecule has 1 N–H and O–H groups in total. The third-order valence-electron chi connectivity index (χ3n) is 7.97. The minimum Gasteiger partial charge on any atom is -0.381 e. The number of carbonyl (C=O) groups is 1. The Hall–Kier alpha value is -3.30. The van der Waals surface area contributed by atoms with Crippen LogP contribution in [0.15, 0.2) is 47.2 Å². The fraction of sp³-hybridized carbons (Fsp3) is 0.464. The number of nitrogens with one attached hydrogen (secondary N) is 1. The summed E-state index contributed by atoms with van der Waals surface area (Å²) in [5, 5.41) is 5.97. The van der Waals surface area contributed by atoms with Crippen LogP contribution in [-0.4, -0.2) is 76.4 Å². The van der Waals surface area contributed by atoms with E-state index in [-0.39, 0.29) is 23.3 Å². The number of rotatable bonds is 4. The summed E-state index contributed by atoms with van der Waals surface area (Å²) in [5.41, 5.74) is 2.84. The van der Waals surface area contributed by atoms with Crippen molar-refractivity contribution in [2.75, 3.05) is 45.9 Å². The van der Waals surface area contributed by atoms with Gasteiger partial charge < -0.3 is 14.6 Å². The number of ether oxygens (including phenoxy) is 1. The van der Waals surface area contributed by atoms with E-state index in [4.69, 9.17) is 4.74 Å². The number of aromatic amines is 1. The predicted octanol–water partition coefficient (Wildman–Crippen LogP) is 3.73. The Labute approximate surface area is 214 Å². The Morgan fingerprint density at radius 2 is 1.95 bits per heavy atom. The van der Waals surface area contributed by atoms with Gasteiger partial charge in [-0.05, 0) is 62.0 Å². The smallest absolute Gasteiger partial charge is 0.259 e. The fourth-order valence-corrected chi connectivity index (χ4v) is 5.84. The minimum atomic E-state index is -0.165. The second kappa shape index (κ2) is 9.87. The van der Waals surface area contributed by atoms with Gasteiger partial charge in [0.2, 0.25) is 0 Å². The summed E-state index contributed by atoms with van der Waals surface area (Å²) in [4.78, 5) is 33.7. The van der Waals surface area contributed by atoms with E-state index >= 15 is 0 Å². The van der Waals surface area contributed by atoms with Crippen molar-refractivity contribution in [1.29, 1.82) is 0 Å². The van der Waals surface area contributed by atoms with Gasteiger partial charge in [-0.25, -0.2) is 4.39 Å². The number of piperazine rings is 1. The first-order chi connectivity index (χ1) is 18.0. The van der Waals surface area contributed by atoms with Crippen LogP contribution in [0.4, 0.5) is 4.39 Å². The van der Waals surface area contributed by atoms with Gasteiger partial charge in [-0.2, -0.15) is 5.10 Å². The average molecular weight is 506 g/mol. The van der Waals surface area contributed by atoms with Gasteiger partial charge in [-0.1, -0.05) is 6.08 Å². The number of benzene rings is 1. The van der Waals surface area contributed by atoms with Crippen molar-refractivity contribution in [1.82, 2.24) is 24.6 Å². The quantitative estimate of drug-likeness (QED) is 0.584. The Bertz CT molecular complexity index is 1460. The van der Waals surface area contributed by atoms with Crippen LogP contribution in [0.2, 0.25) is 0 Å². The number of amides is 1. The maximum Gasteiger partial charge on any atom is 0.259 e. The standard InChI is InChI=1S/C28H32FN5O3/c1-18-14-25-23(26-24(27(35)31-25)16-30-34(26)21-6-12-37-13-7-21)15-22(18)28(36)33-10-8-32(9-11-33)17-19-2-4-20(29)5-3-19/h2,4-5,14-16,19,21H,3,6-13,17H2,1H3,(H,31,35). The normalized spacial score (nSPS) is 21.6.